The molecule has 5 nitrogen and oxygen atoms in total. The minimum atomic E-state index is -0.586. The molecule has 3 rings (SSSR count). The van der Waals surface area contributed by atoms with Crippen LogP contribution in [0.5, 0.6) is 0 Å². The van der Waals surface area contributed by atoms with Gasteiger partial charge < -0.3 is 15.0 Å². The van der Waals surface area contributed by atoms with Gasteiger partial charge in [0.25, 0.3) is 0 Å². The van der Waals surface area contributed by atoms with Crippen molar-refractivity contribution in [2.75, 3.05) is 19.8 Å². The van der Waals surface area contributed by atoms with Gasteiger partial charge in [0, 0.05) is 13.1 Å². The number of nitrogens with zero attached hydrogens (tertiary/aromatic N) is 1. The molecule has 2 amide bonds. The lowest BCUT2D eigenvalue weighted by molar-refractivity contribution is -0.155. The van der Waals surface area contributed by atoms with Crippen LogP contribution >= 0.6 is 0 Å². The van der Waals surface area contributed by atoms with E-state index in [1.54, 1.807) is 4.90 Å². The second-order valence-corrected chi connectivity index (χ2v) is 6.06. The summed E-state index contributed by atoms with van der Waals surface area (Å²) in [6, 6.07) is 19.1. The summed E-state index contributed by atoms with van der Waals surface area (Å²) in [5, 5.41) is 2.92. The van der Waals surface area contributed by atoms with Gasteiger partial charge in [0.05, 0.1) is 6.61 Å². The summed E-state index contributed by atoms with van der Waals surface area (Å²) < 4.78 is 5.30. The van der Waals surface area contributed by atoms with E-state index < -0.39 is 6.04 Å². The molecule has 0 aliphatic carbocycles. The smallest absolute Gasteiger partial charge is 0.249 e. The number of ether oxygens (including phenoxy) is 1. The van der Waals surface area contributed by atoms with Crippen molar-refractivity contribution in [1.82, 2.24) is 10.2 Å². The molecule has 0 bridgehead atoms. The van der Waals surface area contributed by atoms with E-state index in [1.807, 2.05) is 60.7 Å². The lowest BCUT2D eigenvalue weighted by Crippen LogP contribution is -2.56. The van der Waals surface area contributed by atoms with E-state index in [1.165, 1.54) is 5.56 Å². The van der Waals surface area contributed by atoms with Gasteiger partial charge in [0.1, 0.15) is 12.6 Å². The van der Waals surface area contributed by atoms with E-state index in [0.29, 0.717) is 13.1 Å². The minimum Gasteiger partial charge on any atom is -0.369 e. The molecule has 1 saturated heterocycles. The first-order valence-electron chi connectivity index (χ1n) is 8.47. The first-order valence-corrected chi connectivity index (χ1v) is 8.47. The number of hydrogen-bond acceptors (Lipinski definition) is 3. The van der Waals surface area contributed by atoms with Crippen LogP contribution in [0.3, 0.4) is 0 Å². The zero-order chi connectivity index (χ0) is 17.5. The molecule has 1 fully saturated rings. The van der Waals surface area contributed by atoms with Crippen LogP contribution in [0.4, 0.5) is 0 Å². The molecule has 5 heteroatoms. The van der Waals surface area contributed by atoms with Gasteiger partial charge in [-0.1, -0.05) is 60.7 Å². The van der Waals surface area contributed by atoms with Crippen molar-refractivity contribution in [1.29, 1.82) is 0 Å². The van der Waals surface area contributed by atoms with Crippen molar-refractivity contribution < 1.29 is 14.3 Å². The van der Waals surface area contributed by atoms with Gasteiger partial charge in [-0.15, -0.1) is 0 Å². The Bertz CT molecular complexity index is 703. The number of carbonyl (C=O) groups is 2. The Morgan fingerprint density at radius 3 is 2.36 bits per heavy atom. The second-order valence-electron chi connectivity index (χ2n) is 6.06. The number of hydrogen-bond donors (Lipinski definition) is 1. The fourth-order valence-corrected chi connectivity index (χ4v) is 2.89. The van der Waals surface area contributed by atoms with Crippen molar-refractivity contribution in [3.8, 4) is 0 Å². The highest BCUT2D eigenvalue weighted by Gasteiger charge is 2.33. The highest BCUT2D eigenvalue weighted by atomic mass is 16.5. The molecule has 0 spiro atoms. The Kier molecular flexibility index (Phi) is 5.80. The third-order valence-corrected chi connectivity index (χ3v) is 4.25. The Morgan fingerprint density at radius 2 is 1.68 bits per heavy atom. The van der Waals surface area contributed by atoms with Crippen LogP contribution in [0.25, 0.3) is 0 Å². The van der Waals surface area contributed by atoms with Crippen LogP contribution in [-0.4, -0.2) is 42.5 Å². The number of benzene rings is 2. The SMILES string of the molecule is O=C(NCCc1ccccc1)[C@H]1COCC(=O)N1Cc1ccccc1. The van der Waals surface area contributed by atoms with Crippen LogP contribution in [0.2, 0.25) is 0 Å². The maximum absolute atomic E-state index is 12.5. The maximum Gasteiger partial charge on any atom is 0.249 e. The van der Waals surface area contributed by atoms with Crippen molar-refractivity contribution in [2.24, 2.45) is 0 Å². The van der Waals surface area contributed by atoms with Crippen molar-refractivity contribution >= 4 is 11.8 Å². The van der Waals surface area contributed by atoms with E-state index in [9.17, 15) is 9.59 Å². The van der Waals surface area contributed by atoms with Gasteiger partial charge >= 0.3 is 0 Å². The molecule has 0 aromatic heterocycles. The normalized spacial score (nSPS) is 17.4. The minimum absolute atomic E-state index is 0.0284. The third-order valence-electron chi connectivity index (χ3n) is 4.25. The molecule has 130 valence electrons. The van der Waals surface area contributed by atoms with E-state index in [2.05, 4.69) is 5.32 Å². The molecule has 1 N–H and O–H groups in total. The molecule has 25 heavy (non-hydrogen) atoms. The average molecular weight is 338 g/mol. The van der Waals surface area contributed by atoms with Gasteiger partial charge in [-0.2, -0.15) is 0 Å². The first-order chi connectivity index (χ1) is 12.2. The average Bonchev–Trinajstić information content (AvgIpc) is 2.65. The Hall–Kier alpha value is -2.66. The van der Waals surface area contributed by atoms with Crippen LogP contribution in [-0.2, 0) is 27.3 Å². The maximum atomic E-state index is 12.5. The topological polar surface area (TPSA) is 58.6 Å². The zero-order valence-electron chi connectivity index (χ0n) is 14.1. The molecule has 0 radical (unpaired) electrons. The molecule has 0 saturated carbocycles. The summed E-state index contributed by atoms with van der Waals surface area (Å²) in [4.78, 5) is 26.4. The fourth-order valence-electron chi connectivity index (χ4n) is 2.89. The van der Waals surface area contributed by atoms with Crippen molar-refractivity contribution in [3.63, 3.8) is 0 Å². The van der Waals surface area contributed by atoms with E-state index in [4.69, 9.17) is 4.74 Å². The van der Waals surface area contributed by atoms with Crippen molar-refractivity contribution in [3.05, 3.63) is 71.8 Å². The molecule has 2 aromatic rings. The number of nitrogens with one attached hydrogen (secondary N) is 1. The van der Waals surface area contributed by atoms with Crippen LogP contribution in [0, 0.1) is 0 Å². The number of carbonyl (C=O) groups excluding carboxylic acids is 2. The highest BCUT2D eigenvalue weighted by molar-refractivity contribution is 5.89. The standard InChI is InChI=1S/C20H22N2O3/c23-19-15-25-14-18(22(19)13-17-9-5-2-6-10-17)20(24)21-12-11-16-7-3-1-4-8-16/h1-10,18H,11-15H2,(H,21,24)/t18-/m1/s1. The van der Waals surface area contributed by atoms with Crippen LogP contribution in [0.15, 0.2) is 60.7 Å². The summed E-state index contributed by atoms with van der Waals surface area (Å²) in [5.74, 6) is -0.321. The molecular weight excluding hydrogens is 316 g/mol. The van der Waals surface area contributed by atoms with E-state index >= 15 is 0 Å². The predicted octanol–water partition coefficient (Wildman–Crippen LogP) is 1.77. The predicted molar refractivity (Wildman–Crippen MR) is 94.8 cm³/mol. The molecule has 1 heterocycles. The lowest BCUT2D eigenvalue weighted by Gasteiger charge is -2.34. The van der Waals surface area contributed by atoms with E-state index in [0.717, 1.165) is 12.0 Å². The largest absolute Gasteiger partial charge is 0.369 e. The summed E-state index contributed by atoms with van der Waals surface area (Å²) in [6.07, 6.45) is 0.757. The quantitative estimate of drug-likeness (QED) is 0.873. The summed E-state index contributed by atoms with van der Waals surface area (Å²) in [7, 11) is 0. The van der Waals surface area contributed by atoms with E-state index in [-0.39, 0.29) is 25.0 Å². The molecule has 1 aliphatic heterocycles. The summed E-state index contributed by atoms with van der Waals surface area (Å²) in [6.45, 7) is 1.21. The summed E-state index contributed by atoms with van der Waals surface area (Å²) in [5.41, 5.74) is 2.17. The van der Waals surface area contributed by atoms with Gasteiger partial charge in [-0.05, 0) is 17.5 Å². The summed E-state index contributed by atoms with van der Waals surface area (Å²) >= 11 is 0. The molecule has 1 atom stereocenters. The van der Waals surface area contributed by atoms with Gasteiger partial charge in [-0.3, -0.25) is 9.59 Å². The van der Waals surface area contributed by atoms with Gasteiger partial charge in [0.15, 0.2) is 0 Å². The number of rotatable bonds is 6. The Labute approximate surface area is 147 Å². The first kappa shape index (κ1) is 17.2. The van der Waals surface area contributed by atoms with Gasteiger partial charge in [-0.25, -0.2) is 0 Å². The molecule has 1 aliphatic rings. The Balaban J connectivity index is 1.59. The van der Waals surface area contributed by atoms with Crippen LogP contribution in [0.1, 0.15) is 11.1 Å². The fraction of sp³-hybridized carbons (Fsp3) is 0.300. The second kappa shape index (κ2) is 8.44. The lowest BCUT2D eigenvalue weighted by atomic mass is 10.1. The van der Waals surface area contributed by atoms with Crippen LogP contribution < -0.4 is 5.32 Å². The van der Waals surface area contributed by atoms with Gasteiger partial charge in [0.2, 0.25) is 11.8 Å². The van der Waals surface area contributed by atoms with Crippen molar-refractivity contribution in [2.45, 2.75) is 19.0 Å². The molecular formula is C20H22N2O3. The number of morpholine rings is 1. The monoisotopic (exact) mass is 338 g/mol. The zero-order valence-corrected chi connectivity index (χ0v) is 14.1. The Morgan fingerprint density at radius 1 is 1.04 bits per heavy atom. The third kappa shape index (κ3) is 4.67. The molecule has 2 aromatic carbocycles. The highest BCUT2D eigenvalue weighted by Crippen LogP contribution is 2.14. The number of amides is 2. The molecule has 0 unspecified atom stereocenters.